The number of nitrogens with zero attached hydrogens (tertiary/aromatic N) is 1. The number of piperidine rings is 1. The smallest absolute Gasteiger partial charge is 0.337 e. The minimum absolute atomic E-state index is 0.411. The van der Waals surface area contributed by atoms with Gasteiger partial charge in [-0.3, -0.25) is 0 Å². The first kappa shape index (κ1) is 12.0. The van der Waals surface area contributed by atoms with Crippen molar-refractivity contribution in [1.82, 2.24) is 0 Å². The summed E-state index contributed by atoms with van der Waals surface area (Å²) >= 11 is 0. The Labute approximate surface area is 102 Å². The standard InChI is InChI=1S/C14H19NO2/c1-10-7-8-11(2)15(9-10)13-6-4-3-5-12(13)14(16)17/h3-6,10-11H,7-9H2,1-2H3,(H,16,17). The molecule has 0 aromatic heterocycles. The van der Waals surface area contributed by atoms with Crippen molar-refractivity contribution in [2.24, 2.45) is 5.92 Å². The van der Waals surface area contributed by atoms with Crippen molar-refractivity contribution in [3.8, 4) is 0 Å². The van der Waals surface area contributed by atoms with E-state index < -0.39 is 5.97 Å². The SMILES string of the molecule is CC1CCC(C)N(c2ccccc2C(=O)O)C1. The van der Waals surface area contributed by atoms with E-state index in [1.165, 1.54) is 6.42 Å². The second-order valence-corrected chi connectivity index (χ2v) is 5.01. The molecular weight excluding hydrogens is 214 g/mol. The van der Waals surface area contributed by atoms with Gasteiger partial charge >= 0.3 is 5.97 Å². The average molecular weight is 233 g/mol. The molecule has 0 spiro atoms. The van der Waals surface area contributed by atoms with Crippen LogP contribution in [0, 0.1) is 5.92 Å². The molecule has 0 amide bonds. The fraction of sp³-hybridized carbons (Fsp3) is 0.500. The molecule has 3 nitrogen and oxygen atoms in total. The number of anilines is 1. The molecule has 3 heteroatoms. The predicted octanol–water partition coefficient (Wildman–Crippen LogP) is 3.01. The van der Waals surface area contributed by atoms with Gasteiger partial charge in [-0.25, -0.2) is 4.79 Å². The summed E-state index contributed by atoms with van der Waals surface area (Å²) < 4.78 is 0. The normalized spacial score (nSPS) is 24.7. The Kier molecular flexibility index (Phi) is 3.36. The van der Waals surface area contributed by atoms with Gasteiger partial charge in [0.2, 0.25) is 0 Å². The van der Waals surface area contributed by atoms with Gasteiger partial charge in [0.25, 0.3) is 0 Å². The Morgan fingerprint density at radius 2 is 2.00 bits per heavy atom. The minimum Gasteiger partial charge on any atom is -0.478 e. The van der Waals surface area contributed by atoms with E-state index >= 15 is 0 Å². The monoisotopic (exact) mass is 233 g/mol. The lowest BCUT2D eigenvalue weighted by Crippen LogP contribution is -2.41. The molecule has 1 aliphatic rings. The third-order valence-corrected chi connectivity index (χ3v) is 3.56. The van der Waals surface area contributed by atoms with Gasteiger partial charge in [0.1, 0.15) is 0 Å². The van der Waals surface area contributed by atoms with E-state index in [2.05, 4.69) is 18.7 Å². The zero-order chi connectivity index (χ0) is 12.4. The van der Waals surface area contributed by atoms with Crippen molar-refractivity contribution in [2.45, 2.75) is 32.7 Å². The number of rotatable bonds is 2. The molecular formula is C14H19NO2. The van der Waals surface area contributed by atoms with Crippen LogP contribution in [-0.4, -0.2) is 23.7 Å². The zero-order valence-corrected chi connectivity index (χ0v) is 10.4. The number of hydrogen-bond donors (Lipinski definition) is 1. The van der Waals surface area contributed by atoms with E-state index in [0.717, 1.165) is 18.7 Å². The maximum absolute atomic E-state index is 11.2. The summed E-state index contributed by atoms with van der Waals surface area (Å²) in [5, 5.41) is 9.22. The fourth-order valence-electron chi connectivity index (χ4n) is 2.53. The van der Waals surface area contributed by atoms with Crippen LogP contribution in [0.4, 0.5) is 5.69 Å². The van der Waals surface area contributed by atoms with Gasteiger partial charge in [0.05, 0.1) is 11.3 Å². The second kappa shape index (κ2) is 4.78. The number of hydrogen-bond acceptors (Lipinski definition) is 2. The summed E-state index contributed by atoms with van der Waals surface area (Å²) in [5.41, 5.74) is 1.27. The van der Waals surface area contributed by atoms with E-state index in [1.807, 2.05) is 12.1 Å². The Balaban J connectivity index is 2.35. The highest BCUT2D eigenvalue weighted by Crippen LogP contribution is 2.29. The lowest BCUT2D eigenvalue weighted by atomic mass is 9.94. The van der Waals surface area contributed by atoms with E-state index in [0.29, 0.717) is 17.5 Å². The fourth-order valence-corrected chi connectivity index (χ4v) is 2.53. The average Bonchev–Trinajstić information content (AvgIpc) is 2.32. The van der Waals surface area contributed by atoms with Gasteiger partial charge in [-0.05, 0) is 37.8 Å². The Hall–Kier alpha value is -1.51. The van der Waals surface area contributed by atoms with Gasteiger partial charge in [-0.2, -0.15) is 0 Å². The van der Waals surface area contributed by atoms with Crippen LogP contribution in [0.25, 0.3) is 0 Å². The summed E-state index contributed by atoms with van der Waals surface area (Å²) in [6, 6.07) is 7.71. The van der Waals surface area contributed by atoms with Crippen molar-refractivity contribution >= 4 is 11.7 Å². The number of benzene rings is 1. The van der Waals surface area contributed by atoms with Crippen molar-refractivity contribution in [3.05, 3.63) is 29.8 Å². The number of aromatic carboxylic acids is 1. The molecule has 1 N–H and O–H groups in total. The Morgan fingerprint density at radius 3 is 2.71 bits per heavy atom. The molecule has 0 bridgehead atoms. The molecule has 2 unspecified atom stereocenters. The van der Waals surface area contributed by atoms with Crippen LogP contribution < -0.4 is 4.90 Å². The first-order chi connectivity index (χ1) is 8.09. The highest BCUT2D eigenvalue weighted by atomic mass is 16.4. The van der Waals surface area contributed by atoms with Crippen LogP contribution >= 0.6 is 0 Å². The molecule has 2 rings (SSSR count). The molecule has 2 atom stereocenters. The van der Waals surface area contributed by atoms with Crippen LogP contribution in [-0.2, 0) is 0 Å². The van der Waals surface area contributed by atoms with Crippen LogP contribution in [0.5, 0.6) is 0 Å². The first-order valence-corrected chi connectivity index (χ1v) is 6.18. The summed E-state index contributed by atoms with van der Waals surface area (Å²) in [4.78, 5) is 13.5. The molecule has 0 aliphatic carbocycles. The molecule has 1 saturated heterocycles. The highest BCUT2D eigenvalue weighted by Gasteiger charge is 2.25. The summed E-state index contributed by atoms with van der Waals surface area (Å²) in [6.07, 6.45) is 2.36. The number of carboxylic acid groups (broad SMARTS) is 1. The molecule has 1 aromatic rings. The number of para-hydroxylation sites is 1. The van der Waals surface area contributed by atoms with E-state index in [-0.39, 0.29) is 0 Å². The van der Waals surface area contributed by atoms with Crippen molar-refractivity contribution in [1.29, 1.82) is 0 Å². The van der Waals surface area contributed by atoms with Gasteiger partial charge in [0.15, 0.2) is 0 Å². The highest BCUT2D eigenvalue weighted by molar-refractivity contribution is 5.94. The largest absolute Gasteiger partial charge is 0.478 e. The second-order valence-electron chi connectivity index (χ2n) is 5.01. The molecule has 1 aliphatic heterocycles. The number of carbonyl (C=O) groups is 1. The van der Waals surface area contributed by atoms with Crippen LogP contribution in [0.15, 0.2) is 24.3 Å². The zero-order valence-electron chi connectivity index (χ0n) is 10.4. The Morgan fingerprint density at radius 1 is 1.29 bits per heavy atom. The van der Waals surface area contributed by atoms with E-state index in [9.17, 15) is 9.90 Å². The maximum atomic E-state index is 11.2. The molecule has 1 heterocycles. The first-order valence-electron chi connectivity index (χ1n) is 6.18. The third kappa shape index (κ3) is 2.43. The van der Waals surface area contributed by atoms with Crippen molar-refractivity contribution in [2.75, 3.05) is 11.4 Å². The topological polar surface area (TPSA) is 40.5 Å². The lowest BCUT2D eigenvalue weighted by molar-refractivity contribution is 0.0697. The van der Waals surface area contributed by atoms with Gasteiger partial charge in [-0.1, -0.05) is 19.1 Å². The van der Waals surface area contributed by atoms with Gasteiger partial charge < -0.3 is 10.0 Å². The third-order valence-electron chi connectivity index (χ3n) is 3.56. The summed E-state index contributed by atoms with van der Waals surface area (Å²) in [7, 11) is 0. The molecule has 17 heavy (non-hydrogen) atoms. The number of carboxylic acids is 1. The summed E-state index contributed by atoms with van der Waals surface area (Å²) in [5.74, 6) is -0.209. The quantitative estimate of drug-likeness (QED) is 0.853. The molecule has 1 fully saturated rings. The van der Waals surface area contributed by atoms with Crippen LogP contribution in [0.1, 0.15) is 37.0 Å². The van der Waals surface area contributed by atoms with E-state index in [4.69, 9.17) is 0 Å². The predicted molar refractivity (Wildman–Crippen MR) is 68.6 cm³/mol. The summed E-state index contributed by atoms with van der Waals surface area (Å²) in [6.45, 7) is 5.35. The minimum atomic E-state index is -0.842. The lowest BCUT2D eigenvalue weighted by Gasteiger charge is -2.39. The van der Waals surface area contributed by atoms with Crippen LogP contribution in [0.2, 0.25) is 0 Å². The van der Waals surface area contributed by atoms with Crippen molar-refractivity contribution in [3.63, 3.8) is 0 Å². The van der Waals surface area contributed by atoms with Gasteiger partial charge in [0, 0.05) is 12.6 Å². The maximum Gasteiger partial charge on any atom is 0.337 e. The molecule has 1 aromatic carbocycles. The molecule has 92 valence electrons. The molecule has 0 radical (unpaired) electrons. The van der Waals surface area contributed by atoms with Gasteiger partial charge in [-0.15, -0.1) is 0 Å². The van der Waals surface area contributed by atoms with E-state index in [1.54, 1.807) is 12.1 Å². The van der Waals surface area contributed by atoms with Crippen LogP contribution in [0.3, 0.4) is 0 Å². The van der Waals surface area contributed by atoms with Crippen molar-refractivity contribution < 1.29 is 9.90 Å². The molecule has 0 saturated carbocycles. The Bertz CT molecular complexity index is 416.